The molecule has 0 heterocycles. The smallest absolute Gasteiger partial charge is 0.0714 e. The molecule has 1 heteroatoms. The van der Waals surface area contributed by atoms with E-state index in [9.17, 15) is 0 Å². The highest BCUT2D eigenvalue weighted by Gasteiger charge is 2.45. The Labute approximate surface area is 231 Å². The number of benzene rings is 6. The predicted molar refractivity (Wildman–Crippen MR) is 167 cm³/mol. The van der Waals surface area contributed by atoms with Crippen LogP contribution in [0, 0.1) is 0 Å². The molecule has 0 unspecified atom stereocenters. The maximum absolute atomic E-state index is 3.74. The van der Waals surface area contributed by atoms with Gasteiger partial charge in [0.15, 0.2) is 0 Å². The molecule has 6 aromatic rings. The van der Waals surface area contributed by atoms with E-state index in [1.165, 1.54) is 44.2 Å². The van der Waals surface area contributed by atoms with Crippen LogP contribution in [0.25, 0.3) is 21.9 Å². The second-order valence-corrected chi connectivity index (χ2v) is 9.85. The Bertz CT molecular complexity index is 1700. The minimum absolute atomic E-state index is 0.384. The van der Waals surface area contributed by atoms with Crippen LogP contribution < -0.4 is 5.32 Å². The zero-order valence-corrected chi connectivity index (χ0v) is 22.1. The van der Waals surface area contributed by atoms with Gasteiger partial charge in [0.2, 0.25) is 0 Å². The molecule has 188 valence electrons. The number of rotatable bonds is 4. The van der Waals surface area contributed by atoms with Gasteiger partial charge in [0.05, 0.1) is 5.41 Å². The van der Waals surface area contributed by atoms with Crippen molar-refractivity contribution in [3.63, 3.8) is 0 Å². The Balaban J connectivity index is 0.000000883. The summed E-state index contributed by atoms with van der Waals surface area (Å²) in [4.78, 5) is 0. The van der Waals surface area contributed by atoms with E-state index in [4.69, 9.17) is 0 Å². The molecule has 0 aliphatic heterocycles. The van der Waals surface area contributed by atoms with Crippen LogP contribution in [-0.2, 0) is 5.41 Å². The average Bonchev–Trinajstić information content (AvgIpc) is 3.29. The third-order valence-electron chi connectivity index (χ3n) is 7.53. The van der Waals surface area contributed by atoms with Gasteiger partial charge in [-0.2, -0.15) is 0 Å². The van der Waals surface area contributed by atoms with Crippen molar-refractivity contribution in [2.45, 2.75) is 12.3 Å². The Morgan fingerprint density at radius 1 is 0.564 bits per heavy atom. The first-order chi connectivity index (χ1) is 19.3. The van der Waals surface area contributed by atoms with Crippen molar-refractivity contribution in [2.24, 2.45) is 0 Å². The number of allylic oxidation sites excluding steroid dienone is 1. The molecule has 1 N–H and O–H groups in total. The van der Waals surface area contributed by atoms with Crippen molar-refractivity contribution in [1.29, 1.82) is 0 Å². The summed E-state index contributed by atoms with van der Waals surface area (Å²) in [5.41, 5.74) is 9.63. The summed E-state index contributed by atoms with van der Waals surface area (Å²) in [6, 6.07) is 52.6. The molecular formula is C38H31N. The van der Waals surface area contributed by atoms with E-state index in [2.05, 4.69) is 157 Å². The van der Waals surface area contributed by atoms with Crippen LogP contribution in [0.4, 0.5) is 11.4 Å². The highest BCUT2D eigenvalue weighted by Crippen LogP contribution is 2.56. The normalized spacial score (nSPS) is 12.5. The standard InChI is InChI=1S/C35H25N.C3H6/c1-3-14-26(15-4-1)35(27-16-5-2-6-17-27)32-20-10-9-19-30(32)31-23-22-28(24-33(31)35)36-34-21-11-13-25-12-7-8-18-29(25)34;1-3-2/h1-24,36H;3H,1H2,2H3. The van der Waals surface area contributed by atoms with E-state index in [-0.39, 0.29) is 5.41 Å². The number of fused-ring (bicyclic) bond motifs is 4. The summed E-state index contributed by atoms with van der Waals surface area (Å²) in [7, 11) is 0. The quantitative estimate of drug-likeness (QED) is 0.237. The third-order valence-corrected chi connectivity index (χ3v) is 7.53. The summed E-state index contributed by atoms with van der Waals surface area (Å²) in [5.74, 6) is 0. The Morgan fingerprint density at radius 2 is 1.13 bits per heavy atom. The maximum Gasteiger partial charge on any atom is 0.0714 e. The molecule has 0 radical (unpaired) electrons. The van der Waals surface area contributed by atoms with E-state index in [1.807, 2.05) is 6.92 Å². The predicted octanol–water partition coefficient (Wildman–Crippen LogP) is 10.1. The van der Waals surface area contributed by atoms with Crippen molar-refractivity contribution < 1.29 is 0 Å². The van der Waals surface area contributed by atoms with E-state index in [0.717, 1.165) is 11.4 Å². The van der Waals surface area contributed by atoms with E-state index in [0.29, 0.717) is 0 Å². The van der Waals surface area contributed by atoms with Gasteiger partial charge in [-0.15, -0.1) is 6.58 Å². The molecule has 39 heavy (non-hydrogen) atoms. The van der Waals surface area contributed by atoms with Crippen molar-refractivity contribution in [2.75, 3.05) is 5.32 Å². The minimum Gasteiger partial charge on any atom is -0.355 e. The number of nitrogens with one attached hydrogen (secondary N) is 1. The molecule has 0 fully saturated rings. The molecule has 1 aliphatic carbocycles. The summed E-state index contributed by atoms with van der Waals surface area (Å²) in [6.45, 7) is 5.25. The largest absolute Gasteiger partial charge is 0.355 e. The lowest BCUT2D eigenvalue weighted by Crippen LogP contribution is -2.28. The van der Waals surface area contributed by atoms with Gasteiger partial charge in [-0.25, -0.2) is 0 Å². The van der Waals surface area contributed by atoms with E-state index in [1.54, 1.807) is 6.08 Å². The second kappa shape index (κ2) is 10.5. The number of hydrogen-bond donors (Lipinski definition) is 1. The lowest BCUT2D eigenvalue weighted by molar-refractivity contribution is 0.769. The SMILES string of the molecule is C=CC.c1ccc(C2(c3ccccc3)c3ccccc3-c3ccc(Nc4cccc5ccccc45)cc32)cc1. The summed E-state index contributed by atoms with van der Waals surface area (Å²) in [6.07, 6.45) is 1.75. The molecule has 0 spiro atoms. The minimum atomic E-state index is -0.384. The van der Waals surface area contributed by atoms with Gasteiger partial charge in [-0.1, -0.05) is 133 Å². The van der Waals surface area contributed by atoms with Crippen molar-refractivity contribution >= 4 is 22.1 Å². The van der Waals surface area contributed by atoms with Crippen LogP contribution in [0.5, 0.6) is 0 Å². The molecule has 0 amide bonds. The second-order valence-electron chi connectivity index (χ2n) is 9.85. The molecule has 0 atom stereocenters. The van der Waals surface area contributed by atoms with Gasteiger partial charge in [0, 0.05) is 16.8 Å². The van der Waals surface area contributed by atoms with Crippen molar-refractivity contribution in [3.8, 4) is 11.1 Å². The maximum atomic E-state index is 3.74. The molecular weight excluding hydrogens is 470 g/mol. The van der Waals surface area contributed by atoms with Gasteiger partial charge in [0.25, 0.3) is 0 Å². The van der Waals surface area contributed by atoms with Crippen molar-refractivity contribution in [3.05, 3.63) is 181 Å². The molecule has 1 aliphatic rings. The van der Waals surface area contributed by atoms with Crippen LogP contribution in [0.1, 0.15) is 29.2 Å². The summed E-state index contributed by atoms with van der Waals surface area (Å²) < 4.78 is 0. The number of anilines is 2. The first-order valence-corrected chi connectivity index (χ1v) is 13.4. The highest BCUT2D eigenvalue weighted by atomic mass is 14.9. The fourth-order valence-corrected chi connectivity index (χ4v) is 6.01. The Morgan fingerprint density at radius 3 is 1.85 bits per heavy atom. The molecule has 6 aromatic carbocycles. The molecule has 7 rings (SSSR count). The van der Waals surface area contributed by atoms with E-state index >= 15 is 0 Å². The third kappa shape index (κ3) is 4.13. The topological polar surface area (TPSA) is 12.0 Å². The Kier molecular flexibility index (Phi) is 6.57. The average molecular weight is 502 g/mol. The zero-order chi connectivity index (χ0) is 26.7. The van der Waals surface area contributed by atoms with Crippen LogP contribution in [0.2, 0.25) is 0 Å². The van der Waals surface area contributed by atoms with Crippen LogP contribution in [0.3, 0.4) is 0 Å². The molecule has 1 nitrogen and oxygen atoms in total. The van der Waals surface area contributed by atoms with Crippen LogP contribution >= 0.6 is 0 Å². The van der Waals surface area contributed by atoms with Gasteiger partial charge >= 0.3 is 0 Å². The fraction of sp³-hybridized carbons (Fsp3) is 0.0526. The van der Waals surface area contributed by atoms with Crippen LogP contribution in [-0.4, -0.2) is 0 Å². The van der Waals surface area contributed by atoms with Gasteiger partial charge < -0.3 is 5.32 Å². The lowest BCUT2D eigenvalue weighted by atomic mass is 9.67. The monoisotopic (exact) mass is 501 g/mol. The first kappa shape index (κ1) is 24.5. The van der Waals surface area contributed by atoms with Gasteiger partial charge in [0.1, 0.15) is 0 Å². The Hall–Kier alpha value is -4.88. The summed E-state index contributed by atoms with van der Waals surface area (Å²) >= 11 is 0. The molecule has 0 saturated heterocycles. The summed E-state index contributed by atoms with van der Waals surface area (Å²) in [5, 5.41) is 6.20. The van der Waals surface area contributed by atoms with Crippen molar-refractivity contribution in [1.82, 2.24) is 0 Å². The van der Waals surface area contributed by atoms with Crippen LogP contribution in [0.15, 0.2) is 158 Å². The lowest BCUT2D eigenvalue weighted by Gasteiger charge is -2.34. The van der Waals surface area contributed by atoms with Gasteiger partial charge in [-0.3, -0.25) is 0 Å². The molecule has 0 aromatic heterocycles. The molecule has 0 bridgehead atoms. The van der Waals surface area contributed by atoms with E-state index < -0.39 is 0 Å². The fourth-order valence-electron chi connectivity index (χ4n) is 6.01. The van der Waals surface area contributed by atoms with Gasteiger partial charge in [-0.05, 0) is 63.9 Å². The highest BCUT2D eigenvalue weighted by molar-refractivity contribution is 5.96. The first-order valence-electron chi connectivity index (χ1n) is 13.4. The molecule has 0 saturated carbocycles. The zero-order valence-electron chi connectivity index (χ0n) is 22.1. The number of hydrogen-bond acceptors (Lipinski definition) is 1.